The molecule has 0 spiro atoms. The van der Waals surface area contributed by atoms with Crippen LogP contribution in [0.15, 0.2) is 72.8 Å². The Balaban J connectivity index is 1.56. The molecule has 0 fully saturated rings. The van der Waals surface area contributed by atoms with E-state index in [4.69, 9.17) is 11.6 Å². The highest BCUT2D eigenvalue weighted by Gasteiger charge is 2.57. The molecule has 1 heterocycles. The van der Waals surface area contributed by atoms with Crippen LogP contribution in [0.1, 0.15) is 33.5 Å². The molecule has 0 saturated heterocycles. The predicted octanol–water partition coefficient (Wildman–Crippen LogP) is 4.52. The number of anilines is 1. The quantitative estimate of drug-likeness (QED) is 0.681. The van der Waals surface area contributed by atoms with E-state index in [-0.39, 0.29) is 5.78 Å². The Bertz CT molecular complexity index is 1160. The number of para-hydroxylation sites is 1. The molecule has 5 heteroatoms. The summed E-state index contributed by atoms with van der Waals surface area (Å²) < 4.78 is 0. The largest absolute Gasteiger partial charge is 0.375 e. The van der Waals surface area contributed by atoms with Crippen LogP contribution in [0.25, 0.3) is 0 Å². The summed E-state index contributed by atoms with van der Waals surface area (Å²) in [6, 6.07) is 21.9. The minimum atomic E-state index is -1.87. The van der Waals surface area contributed by atoms with Gasteiger partial charge in [0.15, 0.2) is 11.4 Å². The van der Waals surface area contributed by atoms with Crippen LogP contribution >= 0.6 is 11.6 Å². The molecule has 1 amide bonds. The molecule has 3 aromatic rings. The van der Waals surface area contributed by atoms with Gasteiger partial charge in [0.25, 0.3) is 5.91 Å². The number of carbonyl (C=O) groups is 2. The second-order valence-electron chi connectivity index (χ2n) is 7.91. The fourth-order valence-corrected chi connectivity index (χ4v) is 4.85. The van der Waals surface area contributed by atoms with Crippen molar-refractivity contribution in [3.63, 3.8) is 0 Å². The van der Waals surface area contributed by atoms with Gasteiger partial charge < -0.3 is 10.0 Å². The number of hydrogen-bond donors (Lipinski definition) is 1. The first kappa shape index (κ1) is 19.0. The van der Waals surface area contributed by atoms with Gasteiger partial charge in [-0.2, -0.15) is 0 Å². The predicted molar refractivity (Wildman–Crippen MR) is 116 cm³/mol. The van der Waals surface area contributed by atoms with Crippen molar-refractivity contribution in [2.75, 3.05) is 4.90 Å². The van der Waals surface area contributed by atoms with E-state index >= 15 is 0 Å². The van der Waals surface area contributed by atoms with Crippen LogP contribution in [-0.4, -0.2) is 16.8 Å². The van der Waals surface area contributed by atoms with Gasteiger partial charge in [0, 0.05) is 16.1 Å². The van der Waals surface area contributed by atoms with Crippen LogP contribution in [0, 0.1) is 5.92 Å². The average Bonchev–Trinajstić information content (AvgIpc) is 2.98. The van der Waals surface area contributed by atoms with Gasteiger partial charge in [0.2, 0.25) is 0 Å². The summed E-state index contributed by atoms with van der Waals surface area (Å²) in [5.74, 6) is -1.43. The van der Waals surface area contributed by atoms with Crippen molar-refractivity contribution in [2.24, 2.45) is 5.92 Å². The van der Waals surface area contributed by atoms with Gasteiger partial charge in [-0.15, -0.1) is 0 Å². The van der Waals surface area contributed by atoms with Crippen LogP contribution in [0.2, 0.25) is 5.02 Å². The lowest BCUT2D eigenvalue weighted by Gasteiger charge is -2.34. The average molecular weight is 418 g/mol. The number of halogens is 1. The minimum absolute atomic E-state index is 0.171. The summed E-state index contributed by atoms with van der Waals surface area (Å²) in [7, 11) is 0. The van der Waals surface area contributed by atoms with Crippen molar-refractivity contribution in [2.45, 2.75) is 25.0 Å². The van der Waals surface area contributed by atoms with Gasteiger partial charge in [-0.1, -0.05) is 66.2 Å². The monoisotopic (exact) mass is 417 g/mol. The van der Waals surface area contributed by atoms with Crippen molar-refractivity contribution in [3.8, 4) is 0 Å². The molecule has 0 radical (unpaired) electrons. The number of Topliss-reactive ketones (excluding diaryl/α,β-unsaturated/α-hetero) is 1. The second-order valence-corrected chi connectivity index (χ2v) is 8.35. The number of aliphatic hydroxyl groups is 1. The van der Waals surface area contributed by atoms with Gasteiger partial charge >= 0.3 is 0 Å². The third-order valence-corrected chi connectivity index (χ3v) is 6.49. The number of nitrogens with zero attached hydrogens (tertiary/aromatic N) is 1. The highest BCUT2D eigenvalue weighted by atomic mass is 35.5. The number of ketones is 1. The first-order valence-corrected chi connectivity index (χ1v) is 10.4. The Hall–Kier alpha value is -2.95. The second kappa shape index (κ2) is 7.08. The van der Waals surface area contributed by atoms with Gasteiger partial charge in [0.1, 0.15) is 0 Å². The van der Waals surface area contributed by atoms with Crippen molar-refractivity contribution >= 4 is 29.0 Å². The van der Waals surface area contributed by atoms with Crippen molar-refractivity contribution in [1.29, 1.82) is 0 Å². The van der Waals surface area contributed by atoms with Crippen molar-refractivity contribution < 1.29 is 14.7 Å². The topological polar surface area (TPSA) is 57.6 Å². The summed E-state index contributed by atoms with van der Waals surface area (Å²) in [6.07, 6.45) is 1.09. The first-order valence-electron chi connectivity index (χ1n) is 10.0. The van der Waals surface area contributed by atoms with Gasteiger partial charge in [-0.05, 0) is 42.2 Å². The van der Waals surface area contributed by atoms with Gasteiger partial charge in [0.05, 0.1) is 18.2 Å². The summed E-state index contributed by atoms with van der Waals surface area (Å²) in [4.78, 5) is 28.5. The van der Waals surface area contributed by atoms with Crippen LogP contribution in [0.3, 0.4) is 0 Å². The molecule has 0 saturated carbocycles. The molecule has 1 aliphatic heterocycles. The lowest BCUT2D eigenvalue weighted by molar-refractivity contribution is -0.140. The third kappa shape index (κ3) is 2.79. The molecule has 5 rings (SSSR count). The van der Waals surface area contributed by atoms with E-state index in [1.165, 1.54) is 0 Å². The van der Waals surface area contributed by atoms with E-state index in [0.29, 0.717) is 41.2 Å². The number of benzene rings is 3. The fourth-order valence-electron chi connectivity index (χ4n) is 4.72. The van der Waals surface area contributed by atoms with Gasteiger partial charge in [-0.3, -0.25) is 9.59 Å². The number of aryl methyl sites for hydroxylation is 1. The minimum Gasteiger partial charge on any atom is -0.375 e. The zero-order valence-corrected chi connectivity index (χ0v) is 17.0. The summed E-state index contributed by atoms with van der Waals surface area (Å²) in [6.45, 7) is 0.298. The zero-order chi connectivity index (χ0) is 20.9. The van der Waals surface area contributed by atoms with Gasteiger partial charge in [-0.25, -0.2) is 0 Å². The highest BCUT2D eigenvalue weighted by Crippen LogP contribution is 2.48. The Morgan fingerprint density at radius 3 is 2.47 bits per heavy atom. The van der Waals surface area contributed by atoms with E-state index in [1.807, 2.05) is 42.5 Å². The van der Waals surface area contributed by atoms with Crippen LogP contribution in [-0.2, 0) is 23.4 Å². The normalized spacial score (nSPS) is 22.7. The molecular weight excluding hydrogens is 398 g/mol. The summed E-state index contributed by atoms with van der Waals surface area (Å²) >= 11 is 5.98. The van der Waals surface area contributed by atoms with Crippen LogP contribution in [0.4, 0.5) is 5.69 Å². The standard InChI is InChI=1S/C25H20ClNO3/c26-18-12-9-16(10-13-18)15-27-22-8-4-3-7-20(22)25(30,24(27)29)21-14-11-17-5-1-2-6-19(17)23(21)28/h1-10,12-13,21,30H,11,14-15H2/t21-,25+/m1/s1. The van der Waals surface area contributed by atoms with Crippen LogP contribution < -0.4 is 4.90 Å². The van der Waals surface area contributed by atoms with Crippen molar-refractivity contribution in [3.05, 3.63) is 100 Å². The van der Waals surface area contributed by atoms with Crippen LogP contribution in [0.5, 0.6) is 0 Å². The van der Waals surface area contributed by atoms with E-state index in [2.05, 4.69) is 0 Å². The number of hydrogen-bond acceptors (Lipinski definition) is 3. The molecule has 0 bridgehead atoms. The van der Waals surface area contributed by atoms with Crippen molar-refractivity contribution in [1.82, 2.24) is 0 Å². The molecule has 1 N–H and O–H groups in total. The maximum atomic E-state index is 13.6. The summed E-state index contributed by atoms with van der Waals surface area (Å²) in [5.41, 5.74) is 1.75. The molecule has 0 aromatic heterocycles. The van der Waals surface area contributed by atoms with E-state index < -0.39 is 17.4 Å². The van der Waals surface area contributed by atoms with E-state index in [1.54, 1.807) is 35.2 Å². The molecule has 2 aliphatic rings. The lowest BCUT2D eigenvalue weighted by atomic mass is 9.71. The SMILES string of the molecule is O=C1c2ccccc2CC[C@H]1[C@]1(O)C(=O)N(Cc2ccc(Cl)cc2)c2ccccc21. The Morgan fingerprint density at radius 1 is 0.967 bits per heavy atom. The Kier molecular flexibility index (Phi) is 4.49. The summed E-state index contributed by atoms with van der Waals surface area (Å²) in [5, 5.41) is 12.4. The third-order valence-electron chi connectivity index (χ3n) is 6.24. The van der Waals surface area contributed by atoms with E-state index in [9.17, 15) is 14.7 Å². The maximum absolute atomic E-state index is 13.6. The molecule has 1 aliphatic carbocycles. The highest BCUT2D eigenvalue weighted by molar-refractivity contribution is 6.30. The lowest BCUT2D eigenvalue weighted by Crippen LogP contribution is -2.49. The number of rotatable bonds is 3. The number of amides is 1. The zero-order valence-electron chi connectivity index (χ0n) is 16.2. The van der Waals surface area contributed by atoms with E-state index in [0.717, 1.165) is 11.1 Å². The fraction of sp³-hybridized carbons (Fsp3) is 0.200. The molecule has 30 heavy (non-hydrogen) atoms. The smallest absolute Gasteiger partial charge is 0.264 e. The number of carbonyl (C=O) groups excluding carboxylic acids is 2. The maximum Gasteiger partial charge on any atom is 0.264 e. The Labute approximate surface area is 179 Å². The molecule has 150 valence electrons. The molecule has 3 aromatic carbocycles. The molecule has 0 unspecified atom stereocenters. The number of fused-ring (bicyclic) bond motifs is 2. The molecule has 4 nitrogen and oxygen atoms in total. The molecule has 2 atom stereocenters. The Morgan fingerprint density at radius 2 is 1.67 bits per heavy atom. The molecular formula is C25H20ClNO3. The first-order chi connectivity index (χ1) is 14.5.